The van der Waals surface area contributed by atoms with Crippen LogP contribution >= 0.6 is 0 Å². The van der Waals surface area contributed by atoms with Crippen molar-refractivity contribution < 1.29 is 4.79 Å². The van der Waals surface area contributed by atoms with Crippen molar-refractivity contribution in [2.45, 2.75) is 39.0 Å². The van der Waals surface area contributed by atoms with Crippen LogP contribution in [0.15, 0.2) is 24.3 Å². The third-order valence-electron chi connectivity index (χ3n) is 4.90. The predicted molar refractivity (Wildman–Crippen MR) is 68.9 cm³/mol. The Morgan fingerprint density at radius 1 is 1.18 bits per heavy atom. The Kier molecular flexibility index (Phi) is 2.57. The molecule has 4 unspecified atom stereocenters. The second kappa shape index (κ2) is 3.97. The summed E-state index contributed by atoms with van der Waals surface area (Å²) in [6.07, 6.45) is 3.41. The summed E-state index contributed by atoms with van der Waals surface area (Å²) < 4.78 is 0. The largest absolute Gasteiger partial charge is 0.299 e. The first-order valence-corrected chi connectivity index (χ1v) is 6.80. The van der Waals surface area contributed by atoms with E-state index in [9.17, 15) is 4.79 Å². The molecular formula is C16H20O. The number of carbonyl (C=O) groups is 1. The normalized spacial score (nSPS) is 36.2. The van der Waals surface area contributed by atoms with Crippen LogP contribution in [0.1, 0.15) is 43.7 Å². The summed E-state index contributed by atoms with van der Waals surface area (Å²) in [5.41, 5.74) is 3.04. The summed E-state index contributed by atoms with van der Waals surface area (Å²) >= 11 is 0. The van der Waals surface area contributed by atoms with E-state index in [1.807, 2.05) is 0 Å². The van der Waals surface area contributed by atoms with E-state index in [0.717, 1.165) is 12.8 Å². The van der Waals surface area contributed by atoms with Gasteiger partial charge in [-0.2, -0.15) is 0 Å². The van der Waals surface area contributed by atoms with E-state index in [1.165, 1.54) is 17.5 Å². The molecule has 0 heterocycles. The average molecular weight is 228 g/mol. The lowest BCUT2D eigenvalue weighted by molar-refractivity contribution is -0.131. The summed E-state index contributed by atoms with van der Waals surface area (Å²) in [7, 11) is 0. The Labute approximate surface area is 103 Å². The molecule has 1 aromatic rings. The summed E-state index contributed by atoms with van der Waals surface area (Å²) in [6, 6.07) is 8.83. The molecule has 4 atom stereocenters. The van der Waals surface area contributed by atoms with E-state index in [1.54, 1.807) is 0 Å². The van der Waals surface area contributed by atoms with E-state index in [-0.39, 0.29) is 11.8 Å². The number of fused-ring (bicyclic) bond motifs is 3. The van der Waals surface area contributed by atoms with Gasteiger partial charge < -0.3 is 0 Å². The van der Waals surface area contributed by atoms with Crippen LogP contribution in [0.25, 0.3) is 0 Å². The standard InChI is InChI=1S/C16H20O/c1-10-9-15-13(11(2)16(10)17)8-7-12-5-3-4-6-14(12)15/h3-6,10-11,13,15H,7-9H2,1-2H3. The molecule has 1 fully saturated rings. The Hall–Kier alpha value is -1.11. The zero-order valence-corrected chi connectivity index (χ0v) is 10.6. The molecule has 2 aliphatic rings. The fourth-order valence-electron chi connectivity index (χ4n) is 3.93. The van der Waals surface area contributed by atoms with E-state index in [2.05, 4.69) is 38.1 Å². The van der Waals surface area contributed by atoms with Gasteiger partial charge in [-0.25, -0.2) is 0 Å². The molecule has 0 bridgehead atoms. The number of Topliss-reactive ketones (excluding diaryl/α,β-unsaturated/α-hetero) is 1. The van der Waals surface area contributed by atoms with Crippen LogP contribution in [0, 0.1) is 17.8 Å². The molecule has 0 saturated heterocycles. The molecule has 0 amide bonds. The van der Waals surface area contributed by atoms with Crippen LogP contribution in [0.3, 0.4) is 0 Å². The quantitative estimate of drug-likeness (QED) is 0.663. The maximum absolute atomic E-state index is 12.1. The summed E-state index contributed by atoms with van der Waals surface area (Å²) in [5, 5.41) is 0. The van der Waals surface area contributed by atoms with Gasteiger partial charge in [0.2, 0.25) is 0 Å². The van der Waals surface area contributed by atoms with Gasteiger partial charge in [0, 0.05) is 11.8 Å². The minimum atomic E-state index is 0.248. The van der Waals surface area contributed by atoms with Gasteiger partial charge >= 0.3 is 0 Å². The first-order valence-electron chi connectivity index (χ1n) is 6.80. The molecule has 0 spiro atoms. The molecule has 1 aromatic carbocycles. The first-order chi connectivity index (χ1) is 8.18. The summed E-state index contributed by atoms with van der Waals surface area (Å²) in [4.78, 5) is 12.1. The number of carbonyl (C=O) groups excluding carboxylic acids is 1. The highest BCUT2D eigenvalue weighted by atomic mass is 16.1. The summed E-state index contributed by atoms with van der Waals surface area (Å²) in [5.74, 6) is 2.22. The van der Waals surface area contributed by atoms with Gasteiger partial charge in [-0.1, -0.05) is 38.1 Å². The number of benzene rings is 1. The Bertz CT molecular complexity index is 449. The van der Waals surface area contributed by atoms with Crippen LogP contribution in [-0.4, -0.2) is 5.78 Å². The van der Waals surface area contributed by atoms with Gasteiger partial charge in [0.05, 0.1) is 0 Å². The van der Waals surface area contributed by atoms with Gasteiger partial charge in [-0.3, -0.25) is 4.79 Å². The van der Waals surface area contributed by atoms with Crippen LogP contribution in [0.2, 0.25) is 0 Å². The van der Waals surface area contributed by atoms with Gasteiger partial charge in [0.25, 0.3) is 0 Å². The summed E-state index contributed by atoms with van der Waals surface area (Å²) in [6.45, 7) is 4.25. The van der Waals surface area contributed by atoms with Gasteiger partial charge in [-0.15, -0.1) is 0 Å². The zero-order valence-electron chi connectivity index (χ0n) is 10.6. The molecule has 0 aromatic heterocycles. The average Bonchev–Trinajstić information content (AvgIpc) is 2.36. The minimum Gasteiger partial charge on any atom is -0.299 e. The van der Waals surface area contributed by atoms with Crippen LogP contribution < -0.4 is 0 Å². The Morgan fingerprint density at radius 2 is 1.94 bits per heavy atom. The number of ketones is 1. The fourth-order valence-corrected chi connectivity index (χ4v) is 3.93. The van der Waals surface area contributed by atoms with Gasteiger partial charge in [0.1, 0.15) is 5.78 Å². The molecule has 0 N–H and O–H groups in total. The Balaban J connectivity index is 2.01. The molecule has 90 valence electrons. The minimum absolute atomic E-state index is 0.248. The monoisotopic (exact) mass is 228 g/mol. The lowest BCUT2D eigenvalue weighted by atomic mass is 9.61. The lowest BCUT2D eigenvalue weighted by Gasteiger charge is -2.42. The van der Waals surface area contributed by atoms with Gasteiger partial charge in [-0.05, 0) is 42.2 Å². The molecule has 2 aliphatic carbocycles. The highest BCUT2D eigenvalue weighted by Gasteiger charge is 2.42. The smallest absolute Gasteiger partial charge is 0.138 e. The third-order valence-corrected chi connectivity index (χ3v) is 4.90. The van der Waals surface area contributed by atoms with Crippen molar-refractivity contribution in [3.63, 3.8) is 0 Å². The van der Waals surface area contributed by atoms with Crippen LogP contribution in [0.4, 0.5) is 0 Å². The molecule has 1 saturated carbocycles. The molecule has 1 nitrogen and oxygen atoms in total. The van der Waals surface area contributed by atoms with Gasteiger partial charge in [0.15, 0.2) is 0 Å². The first kappa shape index (κ1) is 11.0. The maximum Gasteiger partial charge on any atom is 0.138 e. The van der Waals surface area contributed by atoms with E-state index in [0.29, 0.717) is 17.6 Å². The third kappa shape index (κ3) is 1.64. The van der Waals surface area contributed by atoms with Crippen LogP contribution in [-0.2, 0) is 11.2 Å². The van der Waals surface area contributed by atoms with Crippen molar-refractivity contribution in [1.82, 2.24) is 0 Å². The van der Waals surface area contributed by atoms with Crippen molar-refractivity contribution >= 4 is 5.78 Å². The molecule has 0 aliphatic heterocycles. The molecule has 0 radical (unpaired) electrons. The highest BCUT2D eigenvalue weighted by Crippen LogP contribution is 2.47. The van der Waals surface area contributed by atoms with Crippen LogP contribution in [0.5, 0.6) is 0 Å². The zero-order chi connectivity index (χ0) is 12.0. The molecule has 3 rings (SSSR count). The fraction of sp³-hybridized carbons (Fsp3) is 0.562. The van der Waals surface area contributed by atoms with E-state index in [4.69, 9.17) is 0 Å². The SMILES string of the molecule is CC1CC2c3ccccc3CCC2C(C)C1=O. The Morgan fingerprint density at radius 3 is 2.76 bits per heavy atom. The van der Waals surface area contributed by atoms with E-state index < -0.39 is 0 Å². The van der Waals surface area contributed by atoms with Crippen molar-refractivity contribution in [3.05, 3.63) is 35.4 Å². The highest BCUT2D eigenvalue weighted by molar-refractivity contribution is 5.84. The number of rotatable bonds is 0. The van der Waals surface area contributed by atoms with E-state index >= 15 is 0 Å². The number of hydrogen-bond donors (Lipinski definition) is 0. The second-order valence-electron chi connectivity index (χ2n) is 5.84. The van der Waals surface area contributed by atoms with Crippen molar-refractivity contribution in [2.24, 2.45) is 17.8 Å². The molecule has 1 heteroatoms. The van der Waals surface area contributed by atoms with Crippen molar-refractivity contribution in [2.75, 3.05) is 0 Å². The van der Waals surface area contributed by atoms with Crippen molar-refractivity contribution in [1.29, 1.82) is 0 Å². The number of aryl methyl sites for hydroxylation is 1. The molecular weight excluding hydrogens is 208 g/mol. The predicted octanol–water partition coefficient (Wildman–Crippen LogP) is 3.58. The lowest BCUT2D eigenvalue weighted by Crippen LogP contribution is -2.39. The second-order valence-corrected chi connectivity index (χ2v) is 5.84. The molecule has 17 heavy (non-hydrogen) atoms. The maximum atomic E-state index is 12.1. The number of hydrogen-bond acceptors (Lipinski definition) is 1. The topological polar surface area (TPSA) is 17.1 Å². The van der Waals surface area contributed by atoms with Crippen molar-refractivity contribution in [3.8, 4) is 0 Å².